The molecule has 4 heteroatoms. The van der Waals surface area contributed by atoms with Crippen LogP contribution < -0.4 is 5.32 Å². The predicted molar refractivity (Wildman–Crippen MR) is 77.0 cm³/mol. The summed E-state index contributed by atoms with van der Waals surface area (Å²) < 4.78 is 2.06. The lowest BCUT2D eigenvalue weighted by atomic mass is 9.92. The summed E-state index contributed by atoms with van der Waals surface area (Å²) in [5.41, 5.74) is 2.90. The van der Waals surface area contributed by atoms with Gasteiger partial charge in [0.25, 0.3) is 0 Å². The van der Waals surface area contributed by atoms with Crippen LogP contribution in [0.1, 0.15) is 49.4 Å². The van der Waals surface area contributed by atoms with Crippen LogP contribution >= 0.6 is 11.8 Å². The van der Waals surface area contributed by atoms with Crippen LogP contribution in [0.3, 0.4) is 0 Å². The average molecular weight is 265 g/mol. The Bertz CT molecular complexity index is 415. The van der Waals surface area contributed by atoms with Gasteiger partial charge in [-0.15, -0.1) is 0 Å². The fourth-order valence-electron chi connectivity index (χ4n) is 3.54. The second kappa shape index (κ2) is 5.25. The second-order valence-corrected chi connectivity index (χ2v) is 6.67. The zero-order chi connectivity index (χ0) is 12.5. The molecule has 18 heavy (non-hydrogen) atoms. The zero-order valence-corrected chi connectivity index (χ0v) is 12.2. The number of aryl methyl sites for hydroxylation is 1. The van der Waals surface area contributed by atoms with Crippen LogP contribution in [0.5, 0.6) is 0 Å². The fourth-order valence-corrected chi connectivity index (χ4v) is 4.48. The van der Waals surface area contributed by atoms with Crippen molar-refractivity contribution in [1.29, 1.82) is 0 Å². The molecule has 1 aromatic rings. The van der Waals surface area contributed by atoms with Crippen molar-refractivity contribution < 1.29 is 0 Å². The molecule has 0 amide bonds. The van der Waals surface area contributed by atoms with Crippen molar-refractivity contribution in [3.8, 4) is 0 Å². The third-order valence-electron chi connectivity index (χ3n) is 4.55. The number of aromatic nitrogens is 2. The second-order valence-electron chi connectivity index (χ2n) is 5.59. The van der Waals surface area contributed by atoms with Crippen LogP contribution in [0, 0.1) is 0 Å². The van der Waals surface area contributed by atoms with Gasteiger partial charge in [-0.3, -0.25) is 4.68 Å². The number of hydrogen-bond donors (Lipinski definition) is 1. The van der Waals surface area contributed by atoms with Gasteiger partial charge in [-0.2, -0.15) is 16.9 Å². The molecular formula is C14H23N3S. The highest BCUT2D eigenvalue weighted by Gasteiger charge is 2.31. The molecule has 3 rings (SSSR count). The Labute approximate surface area is 114 Å². The van der Waals surface area contributed by atoms with E-state index in [1.54, 1.807) is 0 Å². The smallest absolute Gasteiger partial charge is 0.0540 e. The molecule has 3 nitrogen and oxygen atoms in total. The Morgan fingerprint density at radius 1 is 1.33 bits per heavy atom. The molecule has 1 saturated carbocycles. The van der Waals surface area contributed by atoms with Crippen LogP contribution in [0.4, 0.5) is 0 Å². The van der Waals surface area contributed by atoms with Crippen LogP contribution in [-0.4, -0.2) is 27.3 Å². The molecule has 0 spiro atoms. The minimum absolute atomic E-state index is 0.542. The molecule has 2 aliphatic carbocycles. The van der Waals surface area contributed by atoms with E-state index in [2.05, 4.69) is 34.6 Å². The first-order valence-electron chi connectivity index (χ1n) is 7.09. The lowest BCUT2D eigenvalue weighted by molar-refractivity contribution is 0.397. The van der Waals surface area contributed by atoms with Gasteiger partial charge in [0.1, 0.15) is 0 Å². The van der Waals surface area contributed by atoms with Crippen molar-refractivity contribution in [1.82, 2.24) is 15.1 Å². The van der Waals surface area contributed by atoms with Gasteiger partial charge >= 0.3 is 0 Å². The molecule has 0 bridgehead atoms. The summed E-state index contributed by atoms with van der Waals surface area (Å²) >= 11 is 2.03. The Hall–Kier alpha value is -0.480. The van der Waals surface area contributed by atoms with E-state index in [1.807, 2.05) is 11.8 Å². The highest BCUT2D eigenvalue weighted by Crippen LogP contribution is 2.34. The minimum atomic E-state index is 0.542. The van der Waals surface area contributed by atoms with Gasteiger partial charge in [0.2, 0.25) is 0 Å². The van der Waals surface area contributed by atoms with E-state index in [1.165, 1.54) is 49.8 Å². The maximum atomic E-state index is 4.43. The van der Waals surface area contributed by atoms with E-state index in [0.29, 0.717) is 12.1 Å². The minimum Gasteiger partial charge on any atom is -0.306 e. The van der Waals surface area contributed by atoms with Crippen LogP contribution in [-0.2, 0) is 13.5 Å². The Morgan fingerprint density at radius 3 is 3.06 bits per heavy atom. The van der Waals surface area contributed by atoms with Crippen molar-refractivity contribution in [3.05, 3.63) is 17.5 Å². The number of hydrogen-bond acceptors (Lipinski definition) is 3. The third-order valence-corrected chi connectivity index (χ3v) is 5.72. The van der Waals surface area contributed by atoms with Crippen molar-refractivity contribution in [2.45, 2.75) is 55.9 Å². The third kappa shape index (κ3) is 2.21. The molecule has 0 aromatic carbocycles. The van der Waals surface area contributed by atoms with Crippen molar-refractivity contribution in [2.24, 2.45) is 7.05 Å². The van der Waals surface area contributed by atoms with Gasteiger partial charge in [-0.1, -0.05) is 6.42 Å². The molecule has 3 atom stereocenters. The molecule has 0 aliphatic heterocycles. The van der Waals surface area contributed by atoms with Crippen molar-refractivity contribution >= 4 is 11.8 Å². The zero-order valence-electron chi connectivity index (χ0n) is 11.4. The molecular weight excluding hydrogens is 242 g/mol. The van der Waals surface area contributed by atoms with Gasteiger partial charge in [0.15, 0.2) is 0 Å². The summed E-state index contributed by atoms with van der Waals surface area (Å²) in [7, 11) is 2.07. The maximum absolute atomic E-state index is 4.43. The van der Waals surface area contributed by atoms with E-state index in [0.717, 1.165) is 5.25 Å². The van der Waals surface area contributed by atoms with Gasteiger partial charge in [-0.25, -0.2) is 0 Å². The van der Waals surface area contributed by atoms with Crippen LogP contribution in [0.15, 0.2) is 6.20 Å². The van der Waals surface area contributed by atoms with E-state index < -0.39 is 0 Å². The number of rotatable bonds is 3. The lowest BCUT2D eigenvalue weighted by Crippen LogP contribution is -2.38. The molecule has 100 valence electrons. The van der Waals surface area contributed by atoms with Crippen LogP contribution in [0.25, 0.3) is 0 Å². The first-order chi connectivity index (χ1) is 8.79. The molecule has 3 unspecified atom stereocenters. The molecule has 1 aromatic heterocycles. The summed E-state index contributed by atoms with van der Waals surface area (Å²) in [6.45, 7) is 0. The summed E-state index contributed by atoms with van der Waals surface area (Å²) in [5, 5.41) is 9.16. The first-order valence-corrected chi connectivity index (χ1v) is 8.38. The van der Waals surface area contributed by atoms with Gasteiger partial charge in [0.05, 0.1) is 6.20 Å². The lowest BCUT2D eigenvalue weighted by Gasteiger charge is -2.29. The molecule has 0 saturated heterocycles. The largest absolute Gasteiger partial charge is 0.306 e. The van der Waals surface area contributed by atoms with Gasteiger partial charge < -0.3 is 5.32 Å². The maximum Gasteiger partial charge on any atom is 0.0540 e. The number of nitrogens with zero attached hydrogens (tertiary/aromatic N) is 2. The number of fused-ring (bicyclic) bond motifs is 1. The summed E-state index contributed by atoms with van der Waals surface area (Å²) in [6, 6.07) is 1.25. The highest BCUT2D eigenvalue weighted by molar-refractivity contribution is 7.99. The molecule has 1 fully saturated rings. The van der Waals surface area contributed by atoms with E-state index >= 15 is 0 Å². The monoisotopic (exact) mass is 265 g/mol. The van der Waals surface area contributed by atoms with Gasteiger partial charge in [-0.05, 0) is 38.4 Å². The standard InChI is InChI=1S/C14H23N3S/c1-17-13-7-3-5-11(10(13)9-15-17)16-12-6-4-8-14(12)18-2/h9,11-12,14,16H,3-8H2,1-2H3. The number of thioether (sulfide) groups is 1. The Kier molecular flexibility index (Phi) is 3.66. The van der Waals surface area contributed by atoms with E-state index in [-0.39, 0.29) is 0 Å². The Balaban J connectivity index is 1.74. The molecule has 1 heterocycles. The van der Waals surface area contributed by atoms with E-state index in [9.17, 15) is 0 Å². The molecule has 2 aliphatic rings. The fraction of sp³-hybridized carbons (Fsp3) is 0.786. The van der Waals surface area contributed by atoms with Gasteiger partial charge in [0, 0.05) is 35.6 Å². The highest BCUT2D eigenvalue weighted by atomic mass is 32.2. The summed E-state index contributed by atoms with van der Waals surface area (Å²) in [4.78, 5) is 0. The predicted octanol–water partition coefficient (Wildman–Crippen LogP) is 2.67. The van der Waals surface area contributed by atoms with E-state index in [4.69, 9.17) is 0 Å². The normalized spacial score (nSPS) is 31.6. The van der Waals surface area contributed by atoms with Crippen LogP contribution in [0.2, 0.25) is 0 Å². The summed E-state index contributed by atoms with van der Waals surface area (Å²) in [6.07, 6.45) is 12.2. The van der Waals surface area contributed by atoms with Crippen molar-refractivity contribution in [2.75, 3.05) is 6.26 Å². The quantitative estimate of drug-likeness (QED) is 0.911. The SMILES string of the molecule is CSC1CCCC1NC1CCCc2c1cnn2C. The number of nitrogens with one attached hydrogen (secondary N) is 1. The topological polar surface area (TPSA) is 29.9 Å². The Morgan fingerprint density at radius 2 is 2.22 bits per heavy atom. The first kappa shape index (κ1) is 12.5. The van der Waals surface area contributed by atoms with Crippen molar-refractivity contribution in [3.63, 3.8) is 0 Å². The molecule has 0 radical (unpaired) electrons. The molecule has 1 N–H and O–H groups in total. The summed E-state index contributed by atoms with van der Waals surface area (Å²) in [5.74, 6) is 0. The average Bonchev–Trinajstić information content (AvgIpc) is 2.98.